The van der Waals surface area contributed by atoms with Crippen LogP contribution in [0, 0.1) is 24.2 Å². The van der Waals surface area contributed by atoms with E-state index in [0.717, 1.165) is 0 Å². The third-order valence-electron chi connectivity index (χ3n) is 2.35. The molecule has 1 nitrogen and oxygen atoms in total. The van der Waals surface area contributed by atoms with Gasteiger partial charge in [-0.2, -0.15) is 0 Å². The Morgan fingerprint density at radius 1 is 1.73 bits per heavy atom. The predicted molar refractivity (Wildman–Crippen MR) is 45.0 cm³/mol. The minimum absolute atomic E-state index is 0.267. The summed E-state index contributed by atoms with van der Waals surface area (Å²) >= 11 is 0. The molecule has 0 N–H and O–H groups in total. The molecule has 1 aliphatic carbocycles. The van der Waals surface area contributed by atoms with Crippen molar-refractivity contribution in [2.75, 3.05) is 0 Å². The van der Waals surface area contributed by atoms with Crippen LogP contribution >= 0.6 is 0 Å². The van der Waals surface area contributed by atoms with Gasteiger partial charge in [-0.15, -0.1) is 12.3 Å². The van der Waals surface area contributed by atoms with Crippen molar-refractivity contribution in [2.45, 2.75) is 32.6 Å². The maximum atomic E-state index is 11.3. The quantitative estimate of drug-likeness (QED) is 0.560. The summed E-state index contributed by atoms with van der Waals surface area (Å²) in [5.74, 6) is 3.79. The normalized spacial score (nSPS) is 18.9. The van der Waals surface area contributed by atoms with Crippen LogP contribution in [0.4, 0.5) is 0 Å². The molecule has 0 aliphatic heterocycles. The molecule has 0 heterocycles. The van der Waals surface area contributed by atoms with Gasteiger partial charge in [-0.3, -0.25) is 4.79 Å². The third-order valence-corrected chi connectivity index (χ3v) is 2.35. The van der Waals surface area contributed by atoms with Crippen LogP contribution < -0.4 is 0 Å². The van der Waals surface area contributed by atoms with Crippen LogP contribution in [-0.2, 0) is 4.79 Å². The minimum Gasteiger partial charge on any atom is -0.299 e. The molecule has 1 fully saturated rings. The molecule has 1 atom stereocenters. The molecule has 1 heteroatoms. The van der Waals surface area contributed by atoms with Gasteiger partial charge in [0.1, 0.15) is 5.78 Å². The Balaban J connectivity index is 2.23. The Bertz CT molecular complexity index is 184. The summed E-state index contributed by atoms with van der Waals surface area (Å²) in [6.45, 7) is 2.02. The summed E-state index contributed by atoms with van der Waals surface area (Å²) < 4.78 is 0. The lowest BCUT2D eigenvalue weighted by Gasteiger charge is -2.05. The molecule has 1 unspecified atom stereocenters. The van der Waals surface area contributed by atoms with Crippen LogP contribution in [0.25, 0.3) is 0 Å². The molecule has 0 amide bonds. The highest BCUT2D eigenvalue weighted by atomic mass is 16.1. The van der Waals surface area contributed by atoms with Crippen LogP contribution in [0.2, 0.25) is 0 Å². The van der Waals surface area contributed by atoms with Crippen LogP contribution in [-0.4, -0.2) is 5.78 Å². The Kier molecular flexibility index (Phi) is 2.70. The largest absolute Gasteiger partial charge is 0.299 e. The van der Waals surface area contributed by atoms with Gasteiger partial charge in [-0.25, -0.2) is 0 Å². The number of terminal acetylenes is 1. The first-order valence-electron chi connectivity index (χ1n) is 4.22. The predicted octanol–water partition coefficient (Wildman–Crippen LogP) is 2.01. The summed E-state index contributed by atoms with van der Waals surface area (Å²) in [6, 6.07) is 0. The molecule has 1 saturated carbocycles. The first-order valence-corrected chi connectivity index (χ1v) is 4.22. The molecule has 11 heavy (non-hydrogen) atoms. The van der Waals surface area contributed by atoms with Crippen molar-refractivity contribution in [1.82, 2.24) is 0 Å². The molecule has 1 rings (SSSR count). The zero-order chi connectivity index (χ0) is 8.27. The highest BCUT2D eigenvalue weighted by Gasteiger charge is 2.31. The van der Waals surface area contributed by atoms with Crippen molar-refractivity contribution in [3.05, 3.63) is 0 Å². The van der Waals surface area contributed by atoms with Gasteiger partial charge in [0.2, 0.25) is 0 Å². The van der Waals surface area contributed by atoms with Crippen LogP contribution in [0.1, 0.15) is 32.6 Å². The highest BCUT2D eigenvalue weighted by molar-refractivity contribution is 5.81. The molecule has 0 radical (unpaired) electrons. The van der Waals surface area contributed by atoms with Gasteiger partial charge in [-0.05, 0) is 18.8 Å². The van der Waals surface area contributed by atoms with Crippen LogP contribution in [0.3, 0.4) is 0 Å². The van der Waals surface area contributed by atoms with E-state index >= 15 is 0 Å². The molecule has 0 aromatic carbocycles. The summed E-state index contributed by atoms with van der Waals surface area (Å²) in [6.07, 6.45) is 8.73. The van der Waals surface area contributed by atoms with Gasteiger partial charge in [0.15, 0.2) is 0 Å². The lowest BCUT2D eigenvalue weighted by molar-refractivity contribution is -0.122. The van der Waals surface area contributed by atoms with Crippen molar-refractivity contribution < 1.29 is 4.79 Å². The molecule has 0 aromatic rings. The van der Waals surface area contributed by atoms with Crippen molar-refractivity contribution in [3.8, 4) is 12.3 Å². The lowest BCUT2D eigenvalue weighted by atomic mass is 9.98. The zero-order valence-electron chi connectivity index (χ0n) is 6.97. The smallest absolute Gasteiger partial charge is 0.136 e. The fraction of sp³-hybridized carbons (Fsp3) is 0.700. The molecule has 0 bridgehead atoms. The second kappa shape index (κ2) is 3.57. The van der Waals surface area contributed by atoms with E-state index in [4.69, 9.17) is 6.42 Å². The number of ketones is 1. The Morgan fingerprint density at radius 2 is 2.36 bits per heavy atom. The van der Waals surface area contributed by atoms with Crippen molar-refractivity contribution in [2.24, 2.45) is 11.8 Å². The number of carbonyl (C=O) groups is 1. The summed E-state index contributed by atoms with van der Waals surface area (Å²) in [5.41, 5.74) is 0. The molecule has 0 spiro atoms. The van der Waals surface area contributed by atoms with Gasteiger partial charge >= 0.3 is 0 Å². The highest BCUT2D eigenvalue weighted by Crippen LogP contribution is 2.37. The van der Waals surface area contributed by atoms with E-state index < -0.39 is 0 Å². The lowest BCUT2D eigenvalue weighted by Crippen LogP contribution is -2.12. The van der Waals surface area contributed by atoms with Gasteiger partial charge in [0.25, 0.3) is 0 Å². The van der Waals surface area contributed by atoms with E-state index in [1.807, 2.05) is 6.92 Å². The monoisotopic (exact) mass is 150 g/mol. The maximum Gasteiger partial charge on any atom is 0.136 e. The van der Waals surface area contributed by atoms with E-state index in [1.54, 1.807) is 0 Å². The topological polar surface area (TPSA) is 17.1 Å². The number of rotatable bonds is 4. The molecule has 0 saturated heterocycles. The second-order valence-corrected chi connectivity index (χ2v) is 3.30. The van der Waals surface area contributed by atoms with Crippen molar-refractivity contribution >= 4 is 5.78 Å². The maximum absolute atomic E-state index is 11.3. The van der Waals surface area contributed by atoms with Crippen molar-refractivity contribution in [1.29, 1.82) is 0 Å². The fourth-order valence-electron chi connectivity index (χ4n) is 1.28. The SMILES string of the molecule is C#CCCC(=O)C(C)C1CC1. The molecule has 1 aliphatic rings. The Labute approximate surface area is 68.2 Å². The molecule has 60 valence electrons. The van der Waals surface area contributed by atoms with Gasteiger partial charge in [-0.1, -0.05) is 6.92 Å². The number of Topliss-reactive ketones (excluding diaryl/α,β-unsaturated/α-hetero) is 1. The number of carbonyl (C=O) groups excluding carboxylic acids is 1. The minimum atomic E-state index is 0.267. The summed E-state index contributed by atoms with van der Waals surface area (Å²) in [7, 11) is 0. The molecular formula is C10H14O. The third kappa shape index (κ3) is 2.38. The van der Waals surface area contributed by atoms with E-state index in [9.17, 15) is 4.79 Å². The van der Waals surface area contributed by atoms with Gasteiger partial charge < -0.3 is 0 Å². The van der Waals surface area contributed by atoms with E-state index in [0.29, 0.717) is 24.5 Å². The van der Waals surface area contributed by atoms with Gasteiger partial charge in [0, 0.05) is 18.8 Å². The number of hydrogen-bond donors (Lipinski definition) is 0. The van der Waals surface area contributed by atoms with Crippen molar-refractivity contribution in [3.63, 3.8) is 0 Å². The summed E-state index contributed by atoms with van der Waals surface area (Å²) in [5, 5.41) is 0. The first kappa shape index (κ1) is 8.33. The zero-order valence-corrected chi connectivity index (χ0v) is 6.97. The van der Waals surface area contributed by atoms with Gasteiger partial charge in [0.05, 0.1) is 0 Å². The average Bonchev–Trinajstić information content (AvgIpc) is 2.81. The average molecular weight is 150 g/mol. The molecule has 0 aromatic heterocycles. The molecular weight excluding hydrogens is 136 g/mol. The standard InChI is InChI=1S/C10H14O/c1-3-4-5-10(11)8(2)9-6-7-9/h1,8-9H,4-7H2,2H3. The van der Waals surface area contributed by atoms with E-state index in [2.05, 4.69) is 5.92 Å². The second-order valence-electron chi connectivity index (χ2n) is 3.30. The Hall–Kier alpha value is -0.770. The van der Waals surface area contributed by atoms with Crippen LogP contribution in [0.5, 0.6) is 0 Å². The fourth-order valence-corrected chi connectivity index (χ4v) is 1.28. The number of hydrogen-bond acceptors (Lipinski definition) is 1. The summed E-state index contributed by atoms with van der Waals surface area (Å²) in [4.78, 5) is 11.3. The Morgan fingerprint density at radius 3 is 2.82 bits per heavy atom. The van der Waals surface area contributed by atoms with E-state index in [1.165, 1.54) is 12.8 Å². The van der Waals surface area contributed by atoms with E-state index in [-0.39, 0.29) is 5.92 Å². The first-order chi connectivity index (χ1) is 5.25. The van der Waals surface area contributed by atoms with Crippen LogP contribution in [0.15, 0.2) is 0 Å².